The van der Waals surface area contributed by atoms with E-state index in [0.29, 0.717) is 36.4 Å². The summed E-state index contributed by atoms with van der Waals surface area (Å²) in [6, 6.07) is 12.6. The molecule has 2 N–H and O–H groups in total. The average Bonchev–Trinajstić information content (AvgIpc) is 3.50. The number of amides is 1. The molecular formula is C25H30ClN5O2. The number of benzene rings is 1. The summed E-state index contributed by atoms with van der Waals surface area (Å²) < 4.78 is 7.61. The zero-order valence-corrected chi connectivity index (χ0v) is 19.4. The van der Waals surface area contributed by atoms with E-state index in [1.807, 2.05) is 24.4 Å². The number of carbonyl (C=O) groups excluding carboxylic acids is 1. The molecule has 174 valence electrons. The molecule has 1 amide bonds. The van der Waals surface area contributed by atoms with Gasteiger partial charge in [-0.15, -0.1) is 0 Å². The Morgan fingerprint density at radius 3 is 2.82 bits per heavy atom. The minimum atomic E-state index is -0.123. The molecule has 5 rings (SSSR count). The van der Waals surface area contributed by atoms with Gasteiger partial charge in [-0.3, -0.25) is 9.69 Å². The van der Waals surface area contributed by atoms with E-state index in [1.54, 1.807) is 12.3 Å². The van der Waals surface area contributed by atoms with Crippen molar-refractivity contribution in [1.82, 2.24) is 25.1 Å². The zero-order chi connectivity index (χ0) is 22.6. The molecule has 2 aliphatic heterocycles. The Morgan fingerprint density at radius 1 is 1.24 bits per heavy atom. The second-order valence-electron chi connectivity index (χ2n) is 8.76. The van der Waals surface area contributed by atoms with Crippen molar-refractivity contribution in [3.8, 4) is 0 Å². The van der Waals surface area contributed by atoms with Crippen molar-refractivity contribution < 1.29 is 9.53 Å². The first-order valence-corrected chi connectivity index (χ1v) is 12.1. The fraction of sp³-hybridized carbons (Fsp3) is 0.440. The first-order chi connectivity index (χ1) is 16.2. The molecule has 2 aliphatic rings. The van der Waals surface area contributed by atoms with E-state index < -0.39 is 0 Å². The predicted molar refractivity (Wildman–Crippen MR) is 130 cm³/mol. The van der Waals surface area contributed by atoms with Crippen LogP contribution in [0.15, 0.2) is 48.8 Å². The first kappa shape index (κ1) is 22.3. The predicted octanol–water partition coefficient (Wildman–Crippen LogP) is 3.25. The van der Waals surface area contributed by atoms with Crippen LogP contribution < -0.4 is 10.6 Å². The normalized spacial score (nSPS) is 20.2. The quantitative estimate of drug-likeness (QED) is 0.558. The van der Waals surface area contributed by atoms with Crippen molar-refractivity contribution >= 4 is 28.5 Å². The Balaban J connectivity index is 1.38. The SMILES string of the molecule is O=C(NCC(c1ccccc1)N1CCOCC1)c1cn(C[C@@H]2CCCN2)c2nccc(Cl)c12. The number of hydrogen-bond donors (Lipinski definition) is 2. The summed E-state index contributed by atoms with van der Waals surface area (Å²) in [7, 11) is 0. The van der Waals surface area contributed by atoms with Crippen LogP contribution in [0.1, 0.15) is 34.8 Å². The number of ether oxygens (including phenoxy) is 1. The monoisotopic (exact) mass is 467 g/mol. The standard InChI is InChI=1S/C25H30ClN5O2/c26-21-8-10-28-24-23(21)20(17-31(24)16-19-7-4-9-27-19)25(32)29-15-22(18-5-2-1-3-6-18)30-11-13-33-14-12-30/h1-3,5-6,8,10,17,19,22,27H,4,7,9,11-16H2,(H,29,32)/t19-,22?/m0/s1. The third-order valence-corrected chi connectivity index (χ3v) is 6.97. The molecule has 33 heavy (non-hydrogen) atoms. The molecule has 0 aliphatic carbocycles. The Morgan fingerprint density at radius 2 is 2.06 bits per heavy atom. The van der Waals surface area contributed by atoms with Crippen LogP contribution in [0.3, 0.4) is 0 Å². The summed E-state index contributed by atoms with van der Waals surface area (Å²) in [5.74, 6) is -0.123. The molecule has 1 unspecified atom stereocenters. The van der Waals surface area contributed by atoms with Crippen LogP contribution in [0.4, 0.5) is 0 Å². The maximum absolute atomic E-state index is 13.4. The maximum Gasteiger partial charge on any atom is 0.253 e. The highest BCUT2D eigenvalue weighted by Gasteiger charge is 2.25. The van der Waals surface area contributed by atoms with E-state index in [2.05, 4.69) is 37.2 Å². The van der Waals surface area contributed by atoms with Crippen molar-refractivity contribution in [3.63, 3.8) is 0 Å². The van der Waals surface area contributed by atoms with Crippen molar-refractivity contribution in [2.75, 3.05) is 39.4 Å². The smallest absolute Gasteiger partial charge is 0.253 e. The van der Waals surface area contributed by atoms with Crippen molar-refractivity contribution in [2.45, 2.75) is 31.5 Å². The van der Waals surface area contributed by atoms with Gasteiger partial charge in [-0.2, -0.15) is 0 Å². The van der Waals surface area contributed by atoms with Crippen molar-refractivity contribution in [2.24, 2.45) is 0 Å². The topological polar surface area (TPSA) is 71.4 Å². The summed E-state index contributed by atoms with van der Waals surface area (Å²) >= 11 is 6.55. The summed E-state index contributed by atoms with van der Waals surface area (Å²) in [5.41, 5.74) is 2.53. The number of morpholine rings is 1. The van der Waals surface area contributed by atoms with Crippen molar-refractivity contribution in [1.29, 1.82) is 0 Å². The van der Waals surface area contributed by atoms with Gasteiger partial charge in [0, 0.05) is 44.6 Å². The van der Waals surface area contributed by atoms with E-state index in [9.17, 15) is 4.79 Å². The van der Waals surface area contributed by atoms with E-state index in [4.69, 9.17) is 16.3 Å². The maximum atomic E-state index is 13.4. The van der Waals surface area contributed by atoms with Gasteiger partial charge < -0.3 is 19.9 Å². The molecule has 0 bridgehead atoms. The van der Waals surface area contributed by atoms with Crippen molar-refractivity contribution in [3.05, 3.63) is 64.9 Å². The summed E-state index contributed by atoms with van der Waals surface area (Å²) in [4.78, 5) is 20.3. The Labute approximate surface area is 199 Å². The number of nitrogens with zero attached hydrogens (tertiary/aromatic N) is 3. The van der Waals surface area contributed by atoms with E-state index in [1.165, 1.54) is 12.0 Å². The molecule has 2 aromatic heterocycles. The minimum Gasteiger partial charge on any atom is -0.379 e. The van der Waals surface area contributed by atoms with Crippen LogP contribution in [0, 0.1) is 0 Å². The highest BCUT2D eigenvalue weighted by atomic mass is 35.5. The van der Waals surface area contributed by atoms with Gasteiger partial charge in [0.15, 0.2) is 0 Å². The number of aromatic nitrogens is 2. The molecule has 4 heterocycles. The Hall–Kier alpha value is -2.45. The molecule has 1 aromatic carbocycles. The largest absolute Gasteiger partial charge is 0.379 e. The van der Waals surface area contributed by atoms with Gasteiger partial charge in [0.2, 0.25) is 0 Å². The number of pyridine rings is 1. The minimum absolute atomic E-state index is 0.0867. The third-order valence-electron chi connectivity index (χ3n) is 6.66. The fourth-order valence-electron chi connectivity index (χ4n) is 4.94. The van der Waals surface area contributed by atoms with Gasteiger partial charge in [0.25, 0.3) is 5.91 Å². The van der Waals surface area contributed by atoms with Crippen LogP contribution >= 0.6 is 11.6 Å². The van der Waals surface area contributed by atoms with Crippen LogP contribution in [0.5, 0.6) is 0 Å². The van der Waals surface area contributed by atoms with E-state index >= 15 is 0 Å². The van der Waals surface area contributed by atoms with Crippen LogP contribution in [0.25, 0.3) is 11.0 Å². The number of rotatable bonds is 7. The molecular weight excluding hydrogens is 438 g/mol. The summed E-state index contributed by atoms with van der Waals surface area (Å²) in [6.45, 7) is 5.43. The lowest BCUT2D eigenvalue weighted by Gasteiger charge is -2.34. The molecule has 8 heteroatoms. The lowest BCUT2D eigenvalue weighted by atomic mass is 10.0. The van der Waals surface area contributed by atoms with E-state index in [-0.39, 0.29) is 11.9 Å². The van der Waals surface area contributed by atoms with Gasteiger partial charge in [-0.1, -0.05) is 41.9 Å². The molecule has 3 aromatic rings. The lowest BCUT2D eigenvalue weighted by molar-refractivity contribution is 0.0162. The Kier molecular flexibility index (Phi) is 6.92. The number of carbonyl (C=O) groups is 1. The molecule has 2 saturated heterocycles. The molecule has 7 nitrogen and oxygen atoms in total. The average molecular weight is 468 g/mol. The van der Waals surface area contributed by atoms with Crippen LogP contribution in [0.2, 0.25) is 5.02 Å². The number of hydrogen-bond acceptors (Lipinski definition) is 5. The lowest BCUT2D eigenvalue weighted by Crippen LogP contribution is -2.43. The number of halogens is 1. The highest BCUT2D eigenvalue weighted by Crippen LogP contribution is 2.28. The molecule has 0 saturated carbocycles. The van der Waals surface area contributed by atoms with Gasteiger partial charge in [-0.05, 0) is 31.0 Å². The molecule has 0 radical (unpaired) electrons. The zero-order valence-electron chi connectivity index (χ0n) is 18.7. The molecule has 2 atom stereocenters. The van der Waals surface area contributed by atoms with Gasteiger partial charge in [0.05, 0.1) is 35.2 Å². The molecule has 2 fully saturated rings. The van der Waals surface area contributed by atoms with E-state index in [0.717, 1.165) is 43.6 Å². The fourth-order valence-corrected chi connectivity index (χ4v) is 5.19. The second kappa shape index (κ2) is 10.2. The van der Waals surface area contributed by atoms with Gasteiger partial charge in [-0.25, -0.2) is 4.98 Å². The second-order valence-corrected chi connectivity index (χ2v) is 9.17. The van der Waals surface area contributed by atoms with Crippen LogP contribution in [-0.2, 0) is 11.3 Å². The first-order valence-electron chi connectivity index (χ1n) is 11.7. The van der Waals surface area contributed by atoms with Gasteiger partial charge >= 0.3 is 0 Å². The number of nitrogens with one attached hydrogen (secondary N) is 2. The molecule has 0 spiro atoms. The Bertz CT molecular complexity index is 1090. The third kappa shape index (κ3) is 4.92. The summed E-state index contributed by atoms with van der Waals surface area (Å²) in [5, 5.41) is 7.98. The van der Waals surface area contributed by atoms with Gasteiger partial charge in [0.1, 0.15) is 5.65 Å². The van der Waals surface area contributed by atoms with Crippen LogP contribution in [-0.4, -0.2) is 65.8 Å². The summed E-state index contributed by atoms with van der Waals surface area (Å²) in [6.07, 6.45) is 5.91. The number of fused-ring (bicyclic) bond motifs is 1. The highest BCUT2D eigenvalue weighted by molar-refractivity contribution is 6.36.